The lowest BCUT2D eigenvalue weighted by atomic mass is 9.79. The zero-order valence-electron chi connectivity index (χ0n) is 25.9. The van der Waals surface area contributed by atoms with E-state index in [1.54, 1.807) is 13.2 Å². The lowest BCUT2D eigenvalue weighted by molar-refractivity contribution is -0.146. The van der Waals surface area contributed by atoms with Gasteiger partial charge in [-0.25, -0.2) is 0 Å². The van der Waals surface area contributed by atoms with Crippen LogP contribution in [0.25, 0.3) is 5.70 Å². The number of hydrogen-bond donors (Lipinski definition) is 4. The van der Waals surface area contributed by atoms with Crippen molar-refractivity contribution in [1.82, 2.24) is 5.32 Å². The lowest BCUT2D eigenvalue weighted by Crippen LogP contribution is -2.34. The topological polar surface area (TPSA) is 120 Å². The molecule has 7 nitrogen and oxygen atoms in total. The zero-order valence-corrected chi connectivity index (χ0v) is 25.9. The highest BCUT2D eigenvalue weighted by Crippen LogP contribution is 2.39. The summed E-state index contributed by atoms with van der Waals surface area (Å²) in [5.74, 6) is 1.80. The van der Waals surface area contributed by atoms with E-state index in [0.717, 1.165) is 74.5 Å². The molecule has 6 N–H and O–H groups in total. The minimum absolute atomic E-state index is 0.0931. The highest BCUT2D eigenvalue weighted by Gasteiger charge is 2.25. The van der Waals surface area contributed by atoms with Crippen LogP contribution in [0.1, 0.15) is 116 Å². The summed E-state index contributed by atoms with van der Waals surface area (Å²) in [4.78, 5) is 12.2. The van der Waals surface area contributed by atoms with Gasteiger partial charge in [0.25, 0.3) is 0 Å². The second-order valence-electron chi connectivity index (χ2n) is 11.3. The molecule has 7 heteroatoms. The van der Waals surface area contributed by atoms with Crippen LogP contribution in [0, 0.1) is 11.8 Å². The normalized spacial score (nSPS) is 16.4. The SMILES string of the molecule is CCCCC(=C(/N)c1c(O)cc(OC)cc1CC1CCC1)/C(CC)=C(\N)NC(CC)CCC(CCC)C(=O)OC. The van der Waals surface area contributed by atoms with Crippen LogP contribution in [0.2, 0.25) is 0 Å². The van der Waals surface area contributed by atoms with Crippen molar-refractivity contribution < 1.29 is 19.4 Å². The molecule has 1 aliphatic rings. The van der Waals surface area contributed by atoms with Crippen LogP contribution >= 0.6 is 0 Å². The fourth-order valence-electron chi connectivity index (χ4n) is 5.76. The summed E-state index contributed by atoms with van der Waals surface area (Å²) in [6, 6.07) is 3.81. The number of phenolic OH excluding ortho intramolecular Hbond substituents is 1. The minimum Gasteiger partial charge on any atom is -0.507 e. The number of carbonyl (C=O) groups excluding carboxylic acids is 1. The van der Waals surface area contributed by atoms with Gasteiger partial charge in [0.2, 0.25) is 0 Å². The molecule has 2 atom stereocenters. The van der Waals surface area contributed by atoms with Crippen molar-refractivity contribution in [2.45, 2.75) is 117 Å². The van der Waals surface area contributed by atoms with Gasteiger partial charge in [-0.05, 0) is 80.1 Å². The smallest absolute Gasteiger partial charge is 0.308 e. The van der Waals surface area contributed by atoms with Crippen LogP contribution in [-0.4, -0.2) is 31.3 Å². The van der Waals surface area contributed by atoms with Crippen molar-refractivity contribution in [3.8, 4) is 11.5 Å². The lowest BCUT2D eigenvalue weighted by Gasteiger charge is -2.28. The predicted octanol–water partition coefficient (Wildman–Crippen LogP) is 6.92. The van der Waals surface area contributed by atoms with Crippen molar-refractivity contribution in [3.05, 3.63) is 40.2 Å². The Labute approximate surface area is 242 Å². The molecule has 1 aromatic carbocycles. The molecule has 0 amide bonds. The number of methoxy groups -OCH3 is 2. The predicted molar refractivity (Wildman–Crippen MR) is 165 cm³/mol. The zero-order chi connectivity index (χ0) is 29.7. The molecule has 40 heavy (non-hydrogen) atoms. The van der Waals surface area contributed by atoms with Gasteiger partial charge in [0.15, 0.2) is 0 Å². The molecule has 226 valence electrons. The van der Waals surface area contributed by atoms with E-state index in [9.17, 15) is 9.90 Å². The van der Waals surface area contributed by atoms with E-state index in [1.807, 2.05) is 6.07 Å². The maximum atomic E-state index is 12.2. The van der Waals surface area contributed by atoms with E-state index in [1.165, 1.54) is 26.4 Å². The molecule has 0 aliphatic heterocycles. The summed E-state index contributed by atoms with van der Waals surface area (Å²) in [7, 11) is 3.08. The Kier molecular flexibility index (Phi) is 14.3. The number of nitrogens with two attached hydrogens (primary N) is 2. The van der Waals surface area contributed by atoms with Gasteiger partial charge in [-0.2, -0.15) is 0 Å². The second kappa shape index (κ2) is 17.1. The summed E-state index contributed by atoms with van der Waals surface area (Å²) >= 11 is 0. The van der Waals surface area contributed by atoms with Gasteiger partial charge < -0.3 is 31.4 Å². The molecule has 0 heterocycles. The van der Waals surface area contributed by atoms with Gasteiger partial charge in [-0.1, -0.05) is 59.8 Å². The third-order valence-electron chi connectivity index (χ3n) is 8.45. The first-order valence-electron chi connectivity index (χ1n) is 15.5. The molecule has 1 saturated carbocycles. The summed E-state index contributed by atoms with van der Waals surface area (Å²) in [5, 5.41) is 14.7. The van der Waals surface area contributed by atoms with Gasteiger partial charge in [0.1, 0.15) is 11.5 Å². The van der Waals surface area contributed by atoms with Crippen molar-refractivity contribution in [2.75, 3.05) is 14.2 Å². The average Bonchev–Trinajstić information content (AvgIpc) is 2.93. The number of ether oxygens (including phenoxy) is 2. The maximum Gasteiger partial charge on any atom is 0.308 e. The van der Waals surface area contributed by atoms with Gasteiger partial charge in [-0.15, -0.1) is 0 Å². The molecule has 0 saturated heterocycles. The maximum absolute atomic E-state index is 12.2. The molecule has 0 spiro atoms. The molecule has 2 rings (SSSR count). The Morgan fingerprint density at radius 2 is 1.77 bits per heavy atom. The van der Waals surface area contributed by atoms with Crippen LogP contribution in [0.15, 0.2) is 29.1 Å². The summed E-state index contributed by atoms with van der Waals surface area (Å²) in [6.45, 7) is 8.49. The fraction of sp³-hybridized carbons (Fsp3) is 0.667. The van der Waals surface area contributed by atoms with Crippen molar-refractivity contribution in [3.63, 3.8) is 0 Å². The number of allylic oxidation sites excluding steroid dienone is 2. The summed E-state index contributed by atoms with van der Waals surface area (Å²) in [5.41, 5.74) is 18.1. The first-order valence-corrected chi connectivity index (χ1v) is 15.5. The van der Waals surface area contributed by atoms with Gasteiger partial charge in [0, 0.05) is 23.4 Å². The molecular weight excluding hydrogens is 502 g/mol. The Hall–Kier alpha value is -2.83. The third kappa shape index (κ3) is 9.10. The number of rotatable bonds is 18. The van der Waals surface area contributed by atoms with Crippen molar-refractivity contribution in [2.24, 2.45) is 23.3 Å². The van der Waals surface area contributed by atoms with E-state index >= 15 is 0 Å². The number of carbonyl (C=O) groups is 1. The molecule has 1 aromatic rings. The van der Waals surface area contributed by atoms with Crippen LogP contribution in [0.5, 0.6) is 11.5 Å². The van der Waals surface area contributed by atoms with Gasteiger partial charge in [-0.3, -0.25) is 4.79 Å². The Balaban J connectivity index is 2.47. The standard InChI is InChI=1S/C33H55N3O4/c1-7-11-16-28(31(34)30-24(19-22-14-12-15-22)20-26(39-5)21-29(30)37)27(10-4)32(35)36-25(9-3)18-17-23(13-8-2)33(38)40-6/h20-23,25,36-37H,7-19,34-35H2,1-6H3/b31-28-,32-27+. The fourth-order valence-corrected chi connectivity index (χ4v) is 5.76. The third-order valence-corrected chi connectivity index (χ3v) is 8.45. The quantitative estimate of drug-likeness (QED) is 0.114. The van der Waals surface area contributed by atoms with E-state index < -0.39 is 0 Å². The number of benzene rings is 1. The number of hydrogen-bond acceptors (Lipinski definition) is 7. The van der Waals surface area contributed by atoms with Gasteiger partial charge in [0.05, 0.1) is 26.0 Å². The van der Waals surface area contributed by atoms with E-state index in [-0.39, 0.29) is 23.7 Å². The van der Waals surface area contributed by atoms with Crippen LogP contribution in [0.4, 0.5) is 0 Å². The Bertz CT molecular complexity index is 1010. The molecule has 0 radical (unpaired) electrons. The van der Waals surface area contributed by atoms with E-state index in [0.29, 0.717) is 35.2 Å². The molecule has 0 bridgehead atoms. The van der Waals surface area contributed by atoms with Crippen LogP contribution in [0.3, 0.4) is 0 Å². The monoisotopic (exact) mass is 557 g/mol. The van der Waals surface area contributed by atoms with Crippen molar-refractivity contribution >= 4 is 11.7 Å². The Morgan fingerprint density at radius 3 is 2.30 bits per heavy atom. The summed E-state index contributed by atoms with van der Waals surface area (Å²) in [6.07, 6.45) is 12.2. The van der Waals surface area contributed by atoms with Crippen LogP contribution < -0.4 is 21.5 Å². The van der Waals surface area contributed by atoms with Gasteiger partial charge >= 0.3 is 5.97 Å². The van der Waals surface area contributed by atoms with E-state index in [2.05, 4.69) is 33.0 Å². The summed E-state index contributed by atoms with van der Waals surface area (Å²) < 4.78 is 10.5. The highest BCUT2D eigenvalue weighted by molar-refractivity contribution is 5.77. The number of esters is 1. The average molecular weight is 558 g/mol. The highest BCUT2D eigenvalue weighted by atomic mass is 16.5. The van der Waals surface area contributed by atoms with Crippen LogP contribution in [-0.2, 0) is 16.0 Å². The minimum atomic E-state index is -0.135. The van der Waals surface area contributed by atoms with E-state index in [4.69, 9.17) is 20.9 Å². The first kappa shape index (κ1) is 33.4. The first-order chi connectivity index (χ1) is 19.2. The molecule has 1 aliphatic carbocycles. The molecular formula is C33H55N3O4. The number of nitrogens with one attached hydrogen (secondary N) is 1. The largest absolute Gasteiger partial charge is 0.507 e. The molecule has 0 aromatic heterocycles. The molecule has 2 unspecified atom stereocenters. The number of aromatic hydroxyl groups is 1. The molecule has 1 fully saturated rings. The number of unbranched alkanes of at least 4 members (excludes halogenated alkanes) is 1. The Morgan fingerprint density at radius 1 is 1.05 bits per heavy atom. The van der Waals surface area contributed by atoms with Crippen molar-refractivity contribution in [1.29, 1.82) is 0 Å². The number of phenols is 1. The second-order valence-corrected chi connectivity index (χ2v) is 11.3.